The van der Waals surface area contributed by atoms with Crippen molar-refractivity contribution in [2.75, 3.05) is 32.7 Å². The van der Waals surface area contributed by atoms with Gasteiger partial charge in [-0.2, -0.15) is 0 Å². The molecule has 2 heterocycles. The van der Waals surface area contributed by atoms with Crippen LogP contribution < -0.4 is 16.0 Å². The predicted octanol–water partition coefficient (Wildman–Crippen LogP) is 1.86. The molecule has 0 aromatic carbocycles. The highest BCUT2D eigenvalue weighted by Gasteiger charge is 2.37. The molecule has 0 bridgehead atoms. The normalized spacial score (nSPS) is 26.5. The minimum atomic E-state index is -0.0276. The van der Waals surface area contributed by atoms with Crippen LogP contribution in [0.1, 0.15) is 57.8 Å². The molecule has 2 atom stereocenters. The molecule has 0 spiro atoms. The van der Waals surface area contributed by atoms with Crippen molar-refractivity contribution >= 4 is 11.9 Å². The van der Waals surface area contributed by atoms with E-state index in [9.17, 15) is 9.59 Å². The zero-order valence-electron chi connectivity index (χ0n) is 15.4. The Labute approximate surface area is 151 Å². The first-order valence-electron chi connectivity index (χ1n) is 10.3. The molecule has 6 nitrogen and oxygen atoms in total. The second-order valence-electron chi connectivity index (χ2n) is 8.02. The highest BCUT2D eigenvalue weighted by Crippen LogP contribution is 2.26. The molecule has 2 saturated heterocycles. The van der Waals surface area contributed by atoms with Crippen molar-refractivity contribution < 1.29 is 9.59 Å². The zero-order chi connectivity index (χ0) is 17.5. The third-order valence-electron chi connectivity index (χ3n) is 6.04. The molecule has 0 unspecified atom stereocenters. The number of rotatable bonds is 7. The Bertz CT molecular complexity index is 439. The predicted molar refractivity (Wildman–Crippen MR) is 98.3 cm³/mol. The van der Waals surface area contributed by atoms with Crippen LogP contribution in [0.25, 0.3) is 0 Å². The number of carbonyl (C=O) groups is 2. The molecular formula is C19H34N4O2. The fourth-order valence-corrected chi connectivity index (χ4v) is 4.48. The van der Waals surface area contributed by atoms with Gasteiger partial charge in [-0.3, -0.25) is 4.79 Å². The number of hydrogen-bond donors (Lipinski definition) is 3. The summed E-state index contributed by atoms with van der Waals surface area (Å²) in [6.07, 6.45) is 9.51. The lowest BCUT2D eigenvalue weighted by molar-refractivity contribution is -0.130. The van der Waals surface area contributed by atoms with E-state index in [-0.39, 0.29) is 6.03 Å². The lowest BCUT2D eigenvalue weighted by Gasteiger charge is -2.22. The molecule has 0 aromatic heterocycles. The van der Waals surface area contributed by atoms with Gasteiger partial charge in [-0.05, 0) is 37.5 Å². The maximum absolute atomic E-state index is 12.3. The highest BCUT2D eigenvalue weighted by molar-refractivity contribution is 5.76. The van der Waals surface area contributed by atoms with E-state index < -0.39 is 0 Å². The van der Waals surface area contributed by atoms with Gasteiger partial charge in [-0.15, -0.1) is 0 Å². The van der Waals surface area contributed by atoms with Crippen LogP contribution >= 0.6 is 0 Å². The van der Waals surface area contributed by atoms with E-state index in [1.165, 1.54) is 19.3 Å². The highest BCUT2D eigenvalue weighted by atomic mass is 16.2. The molecule has 1 aliphatic carbocycles. The van der Waals surface area contributed by atoms with Crippen LogP contribution in [-0.4, -0.2) is 55.6 Å². The summed E-state index contributed by atoms with van der Waals surface area (Å²) in [5.41, 5.74) is 0. The molecule has 3 amide bonds. The van der Waals surface area contributed by atoms with E-state index in [1.54, 1.807) is 0 Å². The number of urea groups is 1. The summed E-state index contributed by atoms with van der Waals surface area (Å²) < 4.78 is 0. The molecule has 3 N–H and O–H groups in total. The minimum Gasteiger partial charge on any atom is -0.342 e. The van der Waals surface area contributed by atoms with E-state index in [4.69, 9.17) is 0 Å². The van der Waals surface area contributed by atoms with Crippen molar-refractivity contribution in [2.45, 2.75) is 63.8 Å². The summed E-state index contributed by atoms with van der Waals surface area (Å²) in [6.45, 7) is 4.73. The topological polar surface area (TPSA) is 73.5 Å². The Hall–Kier alpha value is -1.30. The molecule has 2 aliphatic heterocycles. The van der Waals surface area contributed by atoms with E-state index in [0.29, 0.717) is 36.8 Å². The van der Waals surface area contributed by atoms with Gasteiger partial charge in [0.05, 0.1) is 0 Å². The third kappa shape index (κ3) is 5.59. The fraction of sp³-hybridized carbons (Fsp3) is 0.895. The van der Waals surface area contributed by atoms with Gasteiger partial charge in [0, 0.05) is 45.2 Å². The average molecular weight is 351 g/mol. The Kier molecular flexibility index (Phi) is 6.96. The van der Waals surface area contributed by atoms with Crippen LogP contribution in [0.2, 0.25) is 0 Å². The lowest BCUT2D eigenvalue weighted by Crippen LogP contribution is -2.43. The first-order chi connectivity index (χ1) is 12.2. The molecule has 3 rings (SSSR count). The van der Waals surface area contributed by atoms with E-state index in [2.05, 4.69) is 20.9 Å². The molecule has 0 radical (unpaired) electrons. The maximum Gasteiger partial charge on any atom is 0.315 e. The number of unbranched alkanes of at least 4 members (excludes halogenated alkanes) is 2. The molecule has 25 heavy (non-hydrogen) atoms. The Balaban J connectivity index is 1.18. The monoisotopic (exact) mass is 350 g/mol. The van der Waals surface area contributed by atoms with Crippen molar-refractivity contribution in [1.82, 2.24) is 20.9 Å². The number of nitrogens with one attached hydrogen (secondary N) is 3. The molecular weight excluding hydrogens is 316 g/mol. The van der Waals surface area contributed by atoms with Crippen molar-refractivity contribution in [1.29, 1.82) is 0 Å². The number of likely N-dealkylation sites (tertiary alicyclic amines) is 1. The van der Waals surface area contributed by atoms with Gasteiger partial charge in [-0.1, -0.05) is 25.7 Å². The first kappa shape index (κ1) is 18.5. The molecule has 1 saturated carbocycles. The van der Waals surface area contributed by atoms with Crippen LogP contribution in [0.5, 0.6) is 0 Å². The Morgan fingerprint density at radius 2 is 1.68 bits per heavy atom. The quantitative estimate of drug-likeness (QED) is 0.614. The smallest absolute Gasteiger partial charge is 0.315 e. The summed E-state index contributed by atoms with van der Waals surface area (Å²) in [5, 5.41) is 9.42. The minimum absolute atomic E-state index is 0.0276. The van der Waals surface area contributed by atoms with E-state index in [1.807, 2.05) is 0 Å². The lowest BCUT2D eigenvalue weighted by atomic mass is 9.96. The standard InChI is InChI=1S/C19H34N4O2/c24-18(23-13-15-11-20-12-16(15)14-23)9-5-2-6-10-21-19(25)22-17-7-3-1-4-8-17/h15-17,20H,1-14H2,(H2,21,22,25)/t15-,16+. The SMILES string of the molecule is O=C(NCCCCCC(=O)N1C[C@H]2CNC[C@H]2C1)NC1CCCCC1. The Morgan fingerprint density at radius 1 is 0.960 bits per heavy atom. The summed E-state index contributed by atoms with van der Waals surface area (Å²) in [6, 6.07) is 0.335. The molecule has 142 valence electrons. The van der Waals surface area contributed by atoms with Gasteiger partial charge in [0.25, 0.3) is 0 Å². The third-order valence-corrected chi connectivity index (χ3v) is 6.04. The van der Waals surface area contributed by atoms with Gasteiger partial charge in [0.15, 0.2) is 0 Å². The maximum atomic E-state index is 12.3. The van der Waals surface area contributed by atoms with Gasteiger partial charge >= 0.3 is 6.03 Å². The van der Waals surface area contributed by atoms with Crippen molar-refractivity contribution in [3.05, 3.63) is 0 Å². The zero-order valence-corrected chi connectivity index (χ0v) is 15.4. The molecule has 6 heteroatoms. The van der Waals surface area contributed by atoms with Crippen LogP contribution in [0.15, 0.2) is 0 Å². The van der Waals surface area contributed by atoms with Gasteiger partial charge in [0.2, 0.25) is 5.91 Å². The number of fused-ring (bicyclic) bond motifs is 1. The van der Waals surface area contributed by atoms with E-state index >= 15 is 0 Å². The van der Waals surface area contributed by atoms with Crippen LogP contribution in [0, 0.1) is 11.8 Å². The van der Waals surface area contributed by atoms with Crippen molar-refractivity contribution in [2.24, 2.45) is 11.8 Å². The number of amides is 3. The van der Waals surface area contributed by atoms with Crippen molar-refractivity contribution in [3.8, 4) is 0 Å². The number of carbonyl (C=O) groups excluding carboxylic acids is 2. The van der Waals surface area contributed by atoms with Crippen LogP contribution in [0.4, 0.5) is 4.79 Å². The van der Waals surface area contributed by atoms with Crippen LogP contribution in [-0.2, 0) is 4.79 Å². The Morgan fingerprint density at radius 3 is 2.40 bits per heavy atom. The molecule has 0 aromatic rings. The number of hydrogen-bond acceptors (Lipinski definition) is 3. The second-order valence-corrected chi connectivity index (χ2v) is 8.02. The summed E-state index contributed by atoms with van der Waals surface area (Å²) in [7, 11) is 0. The molecule has 3 aliphatic rings. The van der Waals surface area contributed by atoms with E-state index in [0.717, 1.165) is 58.3 Å². The van der Waals surface area contributed by atoms with Gasteiger partial charge < -0.3 is 20.9 Å². The largest absolute Gasteiger partial charge is 0.342 e. The summed E-state index contributed by atoms with van der Waals surface area (Å²) in [5.74, 6) is 1.67. The first-order valence-corrected chi connectivity index (χ1v) is 10.3. The average Bonchev–Trinajstić information content (AvgIpc) is 3.20. The summed E-state index contributed by atoms with van der Waals surface area (Å²) >= 11 is 0. The summed E-state index contributed by atoms with van der Waals surface area (Å²) in [4.78, 5) is 26.2. The van der Waals surface area contributed by atoms with Gasteiger partial charge in [0.1, 0.15) is 0 Å². The van der Waals surface area contributed by atoms with Crippen LogP contribution in [0.3, 0.4) is 0 Å². The van der Waals surface area contributed by atoms with Gasteiger partial charge in [-0.25, -0.2) is 4.79 Å². The second kappa shape index (κ2) is 9.41. The van der Waals surface area contributed by atoms with Crippen molar-refractivity contribution in [3.63, 3.8) is 0 Å². The number of nitrogens with zero attached hydrogens (tertiary/aromatic N) is 1. The fourth-order valence-electron chi connectivity index (χ4n) is 4.48. The molecule has 3 fully saturated rings.